The molecule has 0 radical (unpaired) electrons. The van der Waals surface area contributed by atoms with Crippen molar-refractivity contribution in [3.8, 4) is 12.3 Å². The van der Waals surface area contributed by atoms with Gasteiger partial charge in [0, 0.05) is 19.1 Å². The second kappa shape index (κ2) is 5.18. The first-order chi connectivity index (χ1) is 5.60. The lowest BCUT2D eigenvalue weighted by Crippen LogP contribution is -2.47. The maximum atomic E-state index is 5.89. The van der Waals surface area contributed by atoms with Crippen molar-refractivity contribution in [2.24, 2.45) is 5.73 Å². The Kier molecular flexibility index (Phi) is 4.96. The van der Waals surface area contributed by atoms with E-state index in [2.05, 4.69) is 12.8 Å². The van der Waals surface area contributed by atoms with E-state index in [1.807, 2.05) is 13.8 Å². The lowest BCUT2D eigenvalue weighted by Gasteiger charge is -2.33. The summed E-state index contributed by atoms with van der Waals surface area (Å²) in [6, 6.07) is -0.0625. The highest BCUT2D eigenvalue weighted by Crippen LogP contribution is 2.20. The molecule has 2 nitrogen and oxygen atoms in total. The maximum absolute atomic E-state index is 5.89. The monoisotopic (exact) mass is 169 g/mol. The van der Waals surface area contributed by atoms with E-state index in [-0.39, 0.29) is 11.6 Å². The van der Waals surface area contributed by atoms with E-state index in [1.165, 1.54) is 0 Å². The summed E-state index contributed by atoms with van der Waals surface area (Å²) in [5.74, 6) is 2.56. The van der Waals surface area contributed by atoms with Gasteiger partial charge in [0.1, 0.15) is 0 Å². The van der Waals surface area contributed by atoms with E-state index in [0.29, 0.717) is 13.0 Å². The van der Waals surface area contributed by atoms with Gasteiger partial charge in [-0.05, 0) is 20.3 Å². The van der Waals surface area contributed by atoms with E-state index in [1.54, 1.807) is 0 Å². The zero-order valence-corrected chi connectivity index (χ0v) is 8.26. The van der Waals surface area contributed by atoms with Gasteiger partial charge in [0.05, 0.1) is 5.60 Å². The van der Waals surface area contributed by atoms with Crippen LogP contribution in [0.3, 0.4) is 0 Å². The predicted octanol–water partition coefficient (Wildman–Crippen LogP) is 1.54. The summed E-state index contributed by atoms with van der Waals surface area (Å²) >= 11 is 0. The van der Waals surface area contributed by atoms with Gasteiger partial charge in [0.2, 0.25) is 0 Å². The van der Waals surface area contributed by atoms with Crippen molar-refractivity contribution in [2.45, 2.75) is 45.3 Å². The van der Waals surface area contributed by atoms with Gasteiger partial charge < -0.3 is 10.5 Å². The van der Waals surface area contributed by atoms with E-state index in [4.69, 9.17) is 16.9 Å². The van der Waals surface area contributed by atoms with Gasteiger partial charge in [-0.15, -0.1) is 12.3 Å². The van der Waals surface area contributed by atoms with Crippen LogP contribution in [0, 0.1) is 12.3 Å². The van der Waals surface area contributed by atoms with Gasteiger partial charge in [-0.2, -0.15) is 0 Å². The smallest absolute Gasteiger partial charge is 0.0811 e. The minimum absolute atomic E-state index is 0.0625. The molecule has 0 fully saturated rings. The Morgan fingerprint density at radius 2 is 2.17 bits per heavy atom. The summed E-state index contributed by atoms with van der Waals surface area (Å²) in [5.41, 5.74) is 5.63. The molecule has 0 aliphatic heterocycles. The van der Waals surface area contributed by atoms with Crippen LogP contribution in [0.25, 0.3) is 0 Å². The van der Waals surface area contributed by atoms with Gasteiger partial charge in [-0.25, -0.2) is 0 Å². The number of ether oxygens (including phenoxy) is 1. The van der Waals surface area contributed by atoms with E-state index < -0.39 is 0 Å². The number of nitrogens with two attached hydrogens (primary N) is 1. The van der Waals surface area contributed by atoms with Crippen molar-refractivity contribution in [3.05, 3.63) is 0 Å². The Balaban J connectivity index is 4.20. The first-order valence-electron chi connectivity index (χ1n) is 4.43. The fourth-order valence-corrected chi connectivity index (χ4v) is 1.14. The van der Waals surface area contributed by atoms with Gasteiger partial charge >= 0.3 is 0 Å². The molecule has 70 valence electrons. The first-order valence-corrected chi connectivity index (χ1v) is 4.43. The van der Waals surface area contributed by atoms with Crippen molar-refractivity contribution in [2.75, 3.05) is 6.61 Å². The van der Waals surface area contributed by atoms with Crippen molar-refractivity contribution >= 4 is 0 Å². The standard InChI is InChI=1S/C10H19NO/c1-5-8-9(11)10(4,6-2)12-7-3/h1,9H,6-8,11H2,2-4H3. The molecule has 0 spiro atoms. The summed E-state index contributed by atoms with van der Waals surface area (Å²) in [6.45, 7) is 6.73. The second-order valence-electron chi connectivity index (χ2n) is 3.11. The molecule has 2 atom stereocenters. The van der Waals surface area contributed by atoms with E-state index >= 15 is 0 Å². The average molecular weight is 169 g/mol. The van der Waals surface area contributed by atoms with Crippen molar-refractivity contribution in [1.29, 1.82) is 0 Å². The molecule has 0 heterocycles. The highest BCUT2D eigenvalue weighted by Gasteiger charge is 2.29. The lowest BCUT2D eigenvalue weighted by molar-refractivity contribution is -0.0451. The molecule has 2 unspecified atom stereocenters. The Morgan fingerprint density at radius 3 is 2.50 bits per heavy atom. The third kappa shape index (κ3) is 2.84. The minimum atomic E-state index is -0.263. The maximum Gasteiger partial charge on any atom is 0.0811 e. The van der Waals surface area contributed by atoms with Crippen LogP contribution in [-0.2, 0) is 4.74 Å². The van der Waals surface area contributed by atoms with Crippen LogP contribution in [0.5, 0.6) is 0 Å². The average Bonchev–Trinajstić information content (AvgIpc) is 2.05. The third-order valence-electron chi connectivity index (χ3n) is 2.30. The van der Waals surface area contributed by atoms with Crippen LogP contribution in [0.4, 0.5) is 0 Å². The van der Waals surface area contributed by atoms with Gasteiger partial charge in [-0.3, -0.25) is 0 Å². The van der Waals surface area contributed by atoms with Crippen LogP contribution in [0.1, 0.15) is 33.6 Å². The number of hydrogen-bond acceptors (Lipinski definition) is 2. The molecule has 0 saturated carbocycles. The number of rotatable bonds is 5. The summed E-state index contributed by atoms with van der Waals surface area (Å²) in [4.78, 5) is 0. The van der Waals surface area contributed by atoms with Crippen molar-refractivity contribution in [3.63, 3.8) is 0 Å². The first kappa shape index (κ1) is 11.5. The van der Waals surface area contributed by atoms with Crippen LogP contribution < -0.4 is 5.73 Å². The SMILES string of the molecule is C#CCC(N)C(C)(CC)OCC. The van der Waals surface area contributed by atoms with Crippen LogP contribution in [-0.4, -0.2) is 18.2 Å². The topological polar surface area (TPSA) is 35.2 Å². The molecule has 0 bridgehead atoms. The van der Waals surface area contributed by atoms with Crippen LogP contribution >= 0.6 is 0 Å². The number of hydrogen-bond donors (Lipinski definition) is 1. The van der Waals surface area contributed by atoms with Crippen LogP contribution in [0.2, 0.25) is 0 Å². The molecular formula is C10H19NO. The quantitative estimate of drug-likeness (QED) is 0.634. The molecule has 0 aromatic carbocycles. The summed E-state index contributed by atoms with van der Waals surface area (Å²) < 4.78 is 5.57. The summed E-state index contributed by atoms with van der Waals surface area (Å²) in [5, 5.41) is 0. The minimum Gasteiger partial charge on any atom is -0.374 e. The van der Waals surface area contributed by atoms with Gasteiger partial charge in [0.15, 0.2) is 0 Å². The molecule has 2 N–H and O–H groups in total. The molecule has 0 aromatic heterocycles. The lowest BCUT2D eigenvalue weighted by atomic mass is 9.92. The Bertz CT molecular complexity index is 162. The largest absolute Gasteiger partial charge is 0.374 e. The molecule has 0 aliphatic rings. The molecule has 0 rings (SSSR count). The second-order valence-corrected chi connectivity index (χ2v) is 3.11. The molecule has 0 aromatic rings. The fraction of sp³-hybridized carbons (Fsp3) is 0.800. The Labute approximate surface area is 75.5 Å². The zero-order chi connectivity index (χ0) is 9.61. The molecule has 2 heteroatoms. The van der Waals surface area contributed by atoms with Gasteiger partial charge in [0.25, 0.3) is 0 Å². The summed E-state index contributed by atoms with van der Waals surface area (Å²) in [6.07, 6.45) is 6.66. The van der Waals surface area contributed by atoms with E-state index in [9.17, 15) is 0 Å². The summed E-state index contributed by atoms with van der Waals surface area (Å²) in [7, 11) is 0. The third-order valence-corrected chi connectivity index (χ3v) is 2.30. The Hall–Kier alpha value is -0.520. The molecule has 0 aliphatic carbocycles. The fourth-order valence-electron chi connectivity index (χ4n) is 1.14. The van der Waals surface area contributed by atoms with E-state index in [0.717, 1.165) is 6.42 Å². The Morgan fingerprint density at radius 1 is 1.58 bits per heavy atom. The van der Waals surface area contributed by atoms with Crippen molar-refractivity contribution < 1.29 is 4.74 Å². The number of terminal acetylenes is 1. The van der Waals surface area contributed by atoms with Crippen LogP contribution in [0.15, 0.2) is 0 Å². The molecule has 0 amide bonds. The highest BCUT2D eigenvalue weighted by molar-refractivity contribution is 4.96. The molecule has 12 heavy (non-hydrogen) atoms. The molecule has 0 saturated heterocycles. The van der Waals surface area contributed by atoms with Crippen molar-refractivity contribution in [1.82, 2.24) is 0 Å². The normalized spacial score (nSPS) is 17.9. The zero-order valence-electron chi connectivity index (χ0n) is 8.26. The predicted molar refractivity (Wildman–Crippen MR) is 51.7 cm³/mol. The van der Waals surface area contributed by atoms with Gasteiger partial charge in [-0.1, -0.05) is 6.92 Å². The highest BCUT2D eigenvalue weighted by atomic mass is 16.5. The molecular weight excluding hydrogens is 150 g/mol.